The maximum atomic E-state index is 11.9. The van der Waals surface area contributed by atoms with Gasteiger partial charge in [-0.2, -0.15) is 0 Å². The Bertz CT molecular complexity index is 449. The molecule has 2 rings (SSSR count). The predicted molar refractivity (Wildman–Crippen MR) is 86.9 cm³/mol. The molecule has 0 spiro atoms. The molecule has 1 saturated heterocycles. The van der Waals surface area contributed by atoms with Crippen LogP contribution in [0.2, 0.25) is 0 Å². The summed E-state index contributed by atoms with van der Waals surface area (Å²) < 4.78 is 0. The first-order valence-corrected chi connectivity index (χ1v) is 8.79. The summed E-state index contributed by atoms with van der Waals surface area (Å²) in [6.45, 7) is 8.10. The van der Waals surface area contributed by atoms with E-state index in [1.165, 1.54) is 0 Å². The second-order valence-electron chi connectivity index (χ2n) is 5.47. The summed E-state index contributed by atoms with van der Waals surface area (Å²) >= 11 is 1.69. The summed E-state index contributed by atoms with van der Waals surface area (Å²) in [7, 11) is 0. The van der Waals surface area contributed by atoms with Crippen LogP contribution in [0.5, 0.6) is 0 Å². The summed E-state index contributed by atoms with van der Waals surface area (Å²) in [4.78, 5) is 18.8. The predicted octanol–water partition coefficient (Wildman–Crippen LogP) is 2.03. The molecule has 1 unspecified atom stereocenters. The fourth-order valence-corrected chi connectivity index (χ4v) is 3.41. The molecule has 6 heteroatoms. The third-order valence-electron chi connectivity index (χ3n) is 3.86. The highest BCUT2D eigenvalue weighted by atomic mass is 32.1. The molecule has 118 valence electrons. The molecular formula is C15H26N4OS. The smallest absolute Gasteiger partial charge is 0.315 e. The highest BCUT2D eigenvalue weighted by Crippen LogP contribution is 2.10. The van der Waals surface area contributed by atoms with Gasteiger partial charge < -0.3 is 15.5 Å². The number of nitrogens with zero attached hydrogens (tertiary/aromatic N) is 2. The number of piperidine rings is 1. The van der Waals surface area contributed by atoms with E-state index in [1.807, 2.05) is 0 Å². The van der Waals surface area contributed by atoms with Crippen molar-refractivity contribution in [3.8, 4) is 0 Å². The standard InChI is InChI=1S/C15H26N4OS/c1-3-14-17-13(11-21-14)7-8-16-15(20)18-12-6-5-9-19(4-2)10-12/h11-12H,3-10H2,1-2H3,(H2,16,18,20). The molecule has 2 amide bonds. The van der Waals surface area contributed by atoms with Gasteiger partial charge in [-0.05, 0) is 32.4 Å². The molecule has 1 aliphatic rings. The lowest BCUT2D eigenvalue weighted by Gasteiger charge is -2.32. The first-order valence-electron chi connectivity index (χ1n) is 7.91. The van der Waals surface area contributed by atoms with Crippen LogP contribution in [0.3, 0.4) is 0 Å². The van der Waals surface area contributed by atoms with Crippen molar-refractivity contribution in [3.05, 3.63) is 16.1 Å². The molecule has 2 heterocycles. The number of nitrogens with one attached hydrogen (secondary N) is 2. The zero-order chi connectivity index (χ0) is 15.1. The Kier molecular flexibility index (Phi) is 6.45. The number of carbonyl (C=O) groups excluding carboxylic acids is 1. The molecule has 1 aliphatic heterocycles. The number of thiazole rings is 1. The molecule has 1 atom stereocenters. The molecule has 0 radical (unpaired) electrons. The molecular weight excluding hydrogens is 284 g/mol. The fraction of sp³-hybridized carbons (Fsp3) is 0.733. The average molecular weight is 310 g/mol. The van der Waals surface area contributed by atoms with Crippen molar-refractivity contribution >= 4 is 17.4 Å². The van der Waals surface area contributed by atoms with Gasteiger partial charge in [0.25, 0.3) is 0 Å². The maximum Gasteiger partial charge on any atom is 0.315 e. The Labute approximate surface area is 131 Å². The minimum Gasteiger partial charge on any atom is -0.338 e. The summed E-state index contributed by atoms with van der Waals surface area (Å²) in [5.74, 6) is 0. The second-order valence-corrected chi connectivity index (χ2v) is 6.41. The minimum atomic E-state index is -0.0519. The van der Waals surface area contributed by atoms with Crippen LogP contribution in [-0.4, -0.2) is 48.1 Å². The highest BCUT2D eigenvalue weighted by molar-refractivity contribution is 7.09. The van der Waals surface area contributed by atoms with E-state index >= 15 is 0 Å². The van der Waals surface area contributed by atoms with Crippen molar-refractivity contribution in [2.45, 2.75) is 45.6 Å². The van der Waals surface area contributed by atoms with E-state index in [0.29, 0.717) is 6.54 Å². The zero-order valence-electron chi connectivity index (χ0n) is 13.0. The van der Waals surface area contributed by atoms with Gasteiger partial charge in [-0.3, -0.25) is 0 Å². The van der Waals surface area contributed by atoms with E-state index in [0.717, 1.165) is 56.0 Å². The number of hydrogen-bond acceptors (Lipinski definition) is 4. The Balaban J connectivity index is 1.65. The van der Waals surface area contributed by atoms with Crippen LogP contribution in [0.15, 0.2) is 5.38 Å². The maximum absolute atomic E-state index is 11.9. The van der Waals surface area contributed by atoms with Crippen molar-refractivity contribution in [2.24, 2.45) is 0 Å². The van der Waals surface area contributed by atoms with Crippen molar-refractivity contribution in [3.63, 3.8) is 0 Å². The van der Waals surface area contributed by atoms with Gasteiger partial charge in [0.15, 0.2) is 0 Å². The molecule has 21 heavy (non-hydrogen) atoms. The van der Waals surface area contributed by atoms with Gasteiger partial charge in [0.1, 0.15) is 0 Å². The molecule has 1 aromatic rings. The van der Waals surface area contributed by atoms with Crippen molar-refractivity contribution < 1.29 is 4.79 Å². The lowest BCUT2D eigenvalue weighted by Crippen LogP contribution is -2.50. The second kappa shape index (κ2) is 8.34. The summed E-state index contributed by atoms with van der Waals surface area (Å²) in [5, 5.41) is 9.26. The van der Waals surface area contributed by atoms with Crippen molar-refractivity contribution in [1.82, 2.24) is 20.5 Å². The number of urea groups is 1. The normalized spacial score (nSPS) is 19.4. The molecule has 5 nitrogen and oxygen atoms in total. The topological polar surface area (TPSA) is 57.3 Å². The van der Waals surface area contributed by atoms with Gasteiger partial charge in [-0.15, -0.1) is 11.3 Å². The van der Waals surface area contributed by atoms with Crippen LogP contribution >= 0.6 is 11.3 Å². The Hall–Kier alpha value is -1.14. The Morgan fingerprint density at radius 1 is 1.52 bits per heavy atom. The number of aromatic nitrogens is 1. The minimum absolute atomic E-state index is 0.0519. The quantitative estimate of drug-likeness (QED) is 0.845. The highest BCUT2D eigenvalue weighted by Gasteiger charge is 2.19. The van der Waals surface area contributed by atoms with Gasteiger partial charge in [0, 0.05) is 30.9 Å². The Morgan fingerprint density at radius 3 is 3.10 bits per heavy atom. The molecule has 1 aromatic heterocycles. The van der Waals surface area contributed by atoms with E-state index in [4.69, 9.17) is 0 Å². The summed E-state index contributed by atoms with van der Waals surface area (Å²) in [6.07, 6.45) is 4.02. The molecule has 0 bridgehead atoms. The molecule has 0 aliphatic carbocycles. The number of aryl methyl sites for hydroxylation is 1. The average Bonchev–Trinajstić information content (AvgIpc) is 2.95. The SMILES string of the molecule is CCc1nc(CCNC(=O)NC2CCCN(CC)C2)cs1. The van der Waals surface area contributed by atoms with Gasteiger partial charge in [-0.1, -0.05) is 13.8 Å². The van der Waals surface area contributed by atoms with E-state index in [-0.39, 0.29) is 12.1 Å². The first-order chi connectivity index (χ1) is 10.2. The number of hydrogen-bond donors (Lipinski definition) is 2. The van der Waals surface area contributed by atoms with Crippen LogP contribution < -0.4 is 10.6 Å². The largest absolute Gasteiger partial charge is 0.338 e. The van der Waals surface area contributed by atoms with Crippen LogP contribution in [0.25, 0.3) is 0 Å². The monoisotopic (exact) mass is 310 g/mol. The van der Waals surface area contributed by atoms with Crippen molar-refractivity contribution in [2.75, 3.05) is 26.2 Å². The lowest BCUT2D eigenvalue weighted by atomic mass is 10.1. The zero-order valence-corrected chi connectivity index (χ0v) is 13.8. The van der Waals surface area contributed by atoms with Gasteiger partial charge >= 0.3 is 6.03 Å². The molecule has 1 fully saturated rings. The van der Waals surface area contributed by atoms with Crippen LogP contribution in [0.4, 0.5) is 4.79 Å². The first kappa shape index (κ1) is 16.2. The van der Waals surface area contributed by atoms with Gasteiger partial charge in [-0.25, -0.2) is 9.78 Å². The number of carbonyl (C=O) groups is 1. The summed E-state index contributed by atoms with van der Waals surface area (Å²) in [5.41, 5.74) is 1.08. The molecule has 0 saturated carbocycles. The number of amides is 2. The van der Waals surface area contributed by atoms with E-state index < -0.39 is 0 Å². The van der Waals surface area contributed by atoms with E-state index in [1.54, 1.807) is 11.3 Å². The van der Waals surface area contributed by atoms with Crippen LogP contribution in [0.1, 0.15) is 37.4 Å². The Morgan fingerprint density at radius 2 is 2.38 bits per heavy atom. The van der Waals surface area contributed by atoms with Gasteiger partial charge in [0.05, 0.1) is 10.7 Å². The molecule has 2 N–H and O–H groups in total. The summed E-state index contributed by atoms with van der Waals surface area (Å²) in [6, 6.07) is 0.230. The number of likely N-dealkylation sites (N-methyl/N-ethyl adjacent to an activating group) is 1. The lowest BCUT2D eigenvalue weighted by molar-refractivity contribution is 0.192. The third kappa shape index (κ3) is 5.28. The number of rotatable bonds is 6. The van der Waals surface area contributed by atoms with E-state index in [2.05, 4.69) is 39.7 Å². The fourth-order valence-electron chi connectivity index (χ4n) is 2.63. The van der Waals surface area contributed by atoms with E-state index in [9.17, 15) is 4.79 Å². The third-order valence-corrected chi connectivity index (χ3v) is 4.90. The molecule has 0 aromatic carbocycles. The number of likely N-dealkylation sites (tertiary alicyclic amines) is 1. The van der Waals surface area contributed by atoms with Crippen molar-refractivity contribution in [1.29, 1.82) is 0 Å². The van der Waals surface area contributed by atoms with Crippen LogP contribution in [-0.2, 0) is 12.8 Å². The van der Waals surface area contributed by atoms with Gasteiger partial charge in [0.2, 0.25) is 0 Å². The van der Waals surface area contributed by atoms with Crippen LogP contribution in [0, 0.1) is 0 Å².